The lowest BCUT2D eigenvalue weighted by Gasteiger charge is -2.49. The van der Waals surface area contributed by atoms with Crippen molar-refractivity contribution in [2.24, 2.45) is 5.41 Å². The minimum Gasteiger partial charge on any atom is -0.494 e. The highest BCUT2D eigenvalue weighted by molar-refractivity contribution is 5.39. The summed E-state index contributed by atoms with van der Waals surface area (Å²) in [7, 11) is 0. The van der Waals surface area contributed by atoms with Crippen molar-refractivity contribution in [3.05, 3.63) is 29.8 Å². The molecule has 0 aromatic heterocycles. The molecule has 0 aliphatic heterocycles. The minimum absolute atomic E-state index is 0.0345. The SMILES string of the molecule is CCOc1ccccc1C1CC(O)C1(C)C. The second-order valence-corrected chi connectivity index (χ2v) is 5.10. The lowest BCUT2D eigenvalue weighted by molar-refractivity contribution is -0.0631. The number of para-hydroxylation sites is 1. The van der Waals surface area contributed by atoms with E-state index in [9.17, 15) is 5.11 Å². The van der Waals surface area contributed by atoms with Gasteiger partial charge in [0.15, 0.2) is 0 Å². The molecule has 88 valence electrons. The molecule has 2 nitrogen and oxygen atoms in total. The molecule has 2 heteroatoms. The Morgan fingerprint density at radius 3 is 2.62 bits per heavy atom. The fourth-order valence-electron chi connectivity index (χ4n) is 2.49. The molecule has 0 spiro atoms. The average molecular weight is 220 g/mol. The van der Waals surface area contributed by atoms with Gasteiger partial charge < -0.3 is 9.84 Å². The summed E-state index contributed by atoms with van der Waals surface area (Å²) in [6.07, 6.45) is 0.657. The van der Waals surface area contributed by atoms with Crippen LogP contribution in [0, 0.1) is 5.41 Å². The van der Waals surface area contributed by atoms with Crippen LogP contribution >= 0.6 is 0 Å². The third-order valence-electron chi connectivity index (χ3n) is 3.81. The van der Waals surface area contributed by atoms with Gasteiger partial charge in [0.1, 0.15) is 5.75 Å². The lowest BCUT2D eigenvalue weighted by atomic mass is 9.57. The van der Waals surface area contributed by atoms with E-state index in [1.807, 2.05) is 25.1 Å². The molecular weight excluding hydrogens is 200 g/mol. The Bertz CT molecular complexity index is 371. The highest BCUT2D eigenvalue weighted by atomic mass is 16.5. The van der Waals surface area contributed by atoms with Crippen molar-refractivity contribution in [3.63, 3.8) is 0 Å². The monoisotopic (exact) mass is 220 g/mol. The summed E-state index contributed by atoms with van der Waals surface area (Å²) in [5.74, 6) is 1.38. The molecule has 1 aromatic rings. The second kappa shape index (κ2) is 4.10. The van der Waals surface area contributed by atoms with Gasteiger partial charge in [0, 0.05) is 0 Å². The van der Waals surface area contributed by atoms with E-state index in [1.54, 1.807) is 0 Å². The largest absolute Gasteiger partial charge is 0.494 e. The average Bonchev–Trinajstić information content (AvgIpc) is 2.27. The summed E-state index contributed by atoms with van der Waals surface area (Å²) < 4.78 is 5.64. The molecule has 1 saturated carbocycles. The van der Waals surface area contributed by atoms with Crippen molar-refractivity contribution in [2.45, 2.75) is 39.2 Å². The number of hydrogen-bond donors (Lipinski definition) is 1. The van der Waals surface area contributed by atoms with E-state index in [2.05, 4.69) is 19.9 Å². The van der Waals surface area contributed by atoms with Crippen molar-refractivity contribution >= 4 is 0 Å². The van der Waals surface area contributed by atoms with Gasteiger partial charge in [-0.1, -0.05) is 32.0 Å². The number of ether oxygens (including phenoxy) is 1. The summed E-state index contributed by atoms with van der Waals surface area (Å²) in [4.78, 5) is 0. The first-order valence-corrected chi connectivity index (χ1v) is 5.97. The van der Waals surface area contributed by atoms with E-state index in [4.69, 9.17) is 4.74 Å². The van der Waals surface area contributed by atoms with Crippen molar-refractivity contribution in [3.8, 4) is 5.75 Å². The number of aliphatic hydroxyl groups is 1. The van der Waals surface area contributed by atoms with Crippen molar-refractivity contribution in [2.75, 3.05) is 6.61 Å². The molecular formula is C14H20O2. The third kappa shape index (κ3) is 1.71. The van der Waals surface area contributed by atoms with Gasteiger partial charge in [-0.25, -0.2) is 0 Å². The van der Waals surface area contributed by atoms with Crippen LogP contribution in [0.5, 0.6) is 5.75 Å². The Morgan fingerprint density at radius 1 is 1.38 bits per heavy atom. The molecule has 1 aromatic carbocycles. The van der Waals surface area contributed by atoms with Crippen LogP contribution in [0.1, 0.15) is 38.7 Å². The normalized spacial score (nSPS) is 27.2. The topological polar surface area (TPSA) is 29.5 Å². The maximum atomic E-state index is 9.79. The van der Waals surface area contributed by atoms with Crippen molar-refractivity contribution < 1.29 is 9.84 Å². The molecule has 0 saturated heterocycles. The molecule has 2 rings (SSSR count). The highest BCUT2D eigenvalue weighted by Gasteiger charge is 2.48. The van der Waals surface area contributed by atoms with Gasteiger partial charge in [-0.05, 0) is 36.3 Å². The van der Waals surface area contributed by atoms with Crippen LogP contribution in [0.25, 0.3) is 0 Å². The molecule has 0 radical (unpaired) electrons. The molecule has 0 bridgehead atoms. The van der Waals surface area contributed by atoms with E-state index < -0.39 is 0 Å². The van der Waals surface area contributed by atoms with E-state index in [0.717, 1.165) is 12.2 Å². The van der Waals surface area contributed by atoms with Gasteiger partial charge in [-0.3, -0.25) is 0 Å². The van der Waals surface area contributed by atoms with Gasteiger partial charge in [-0.2, -0.15) is 0 Å². The maximum Gasteiger partial charge on any atom is 0.122 e. The van der Waals surface area contributed by atoms with Crippen LogP contribution in [-0.4, -0.2) is 17.8 Å². The predicted molar refractivity (Wildman–Crippen MR) is 64.8 cm³/mol. The van der Waals surface area contributed by atoms with Crippen LogP contribution in [0.2, 0.25) is 0 Å². The lowest BCUT2D eigenvalue weighted by Crippen LogP contribution is -2.47. The zero-order valence-corrected chi connectivity index (χ0v) is 10.2. The quantitative estimate of drug-likeness (QED) is 0.848. The minimum atomic E-state index is -0.188. The summed E-state index contributed by atoms with van der Waals surface area (Å²) in [5, 5.41) is 9.79. The molecule has 1 aliphatic carbocycles. The zero-order chi connectivity index (χ0) is 11.8. The Labute approximate surface area is 97.3 Å². The number of rotatable bonds is 3. The Morgan fingerprint density at radius 2 is 2.06 bits per heavy atom. The Kier molecular flexibility index (Phi) is 2.94. The molecule has 1 aliphatic rings. The smallest absolute Gasteiger partial charge is 0.122 e. The van der Waals surface area contributed by atoms with Crippen LogP contribution in [0.3, 0.4) is 0 Å². The third-order valence-corrected chi connectivity index (χ3v) is 3.81. The molecule has 1 fully saturated rings. The van der Waals surface area contributed by atoms with Crippen LogP contribution in [0.4, 0.5) is 0 Å². The fourth-order valence-corrected chi connectivity index (χ4v) is 2.49. The van der Waals surface area contributed by atoms with Crippen LogP contribution in [-0.2, 0) is 0 Å². The zero-order valence-electron chi connectivity index (χ0n) is 10.2. The second-order valence-electron chi connectivity index (χ2n) is 5.10. The van der Waals surface area contributed by atoms with Crippen molar-refractivity contribution in [1.29, 1.82) is 0 Å². The standard InChI is InChI=1S/C14H20O2/c1-4-16-12-8-6-5-7-10(12)11-9-13(15)14(11,2)3/h5-8,11,13,15H,4,9H2,1-3H3. The number of aliphatic hydroxyl groups excluding tert-OH is 1. The van der Waals surface area contributed by atoms with Crippen molar-refractivity contribution in [1.82, 2.24) is 0 Å². The summed E-state index contributed by atoms with van der Waals surface area (Å²) in [6, 6.07) is 8.16. The van der Waals surface area contributed by atoms with E-state index in [1.165, 1.54) is 5.56 Å². The summed E-state index contributed by atoms with van der Waals surface area (Å²) in [5.41, 5.74) is 1.20. The fraction of sp³-hybridized carbons (Fsp3) is 0.571. The summed E-state index contributed by atoms with van der Waals surface area (Å²) in [6.45, 7) is 6.92. The molecule has 2 atom stereocenters. The van der Waals surface area contributed by atoms with E-state index in [-0.39, 0.29) is 11.5 Å². The first kappa shape index (κ1) is 11.5. The highest BCUT2D eigenvalue weighted by Crippen LogP contribution is 2.54. The Hall–Kier alpha value is -1.02. The molecule has 0 heterocycles. The van der Waals surface area contributed by atoms with E-state index in [0.29, 0.717) is 12.5 Å². The molecule has 16 heavy (non-hydrogen) atoms. The first-order valence-electron chi connectivity index (χ1n) is 5.97. The number of hydrogen-bond acceptors (Lipinski definition) is 2. The van der Waals surface area contributed by atoms with Crippen LogP contribution in [0.15, 0.2) is 24.3 Å². The Balaban J connectivity index is 2.27. The predicted octanol–water partition coefficient (Wildman–Crippen LogP) is 2.96. The maximum absolute atomic E-state index is 9.79. The van der Waals surface area contributed by atoms with Gasteiger partial charge in [0.2, 0.25) is 0 Å². The summed E-state index contributed by atoms with van der Waals surface area (Å²) >= 11 is 0. The van der Waals surface area contributed by atoms with Gasteiger partial charge in [-0.15, -0.1) is 0 Å². The molecule has 2 unspecified atom stereocenters. The number of benzene rings is 1. The van der Waals surface area contributed by atoms with Gasteiger partial charge in [0.05, 0.1) is 12.7 Å². The molecule has 0 amide bonds. The molecule has 1 N–H and O–H groups in total. The van der Waals surface area contributed by atoms with Gasteiger partial charge >= 0.3 is 0 Å². The van der Waals surface area contributed by atoms with Crippen LogP contribution < -0.4 is 4.74 Å². The first-order chi connectivity index (χ1) is 7.57. The van der Waals surface area contributed by atoms with Gasteiger partial charge in [0.25, 0.3) is 0 Å². The van der Waals surface area contributed by atoms with E-state index >= 15 is 0 Å².